The van der Waals surface area contributed by atoms with Gasteiger partial charge in [-0.3, -0.25) is 4.79 Å². The molecule has 17 unspecified atom stereocenters. The van der Waals surface area contributed by atoms with E-state index in [9.17, 15) is 61.0 Å². The summed E-state index contributed by atoms with van der Waals surface area (Å²) in [5, 5.41) is 121. The normalized spacial score (nSPS) is 25.1. The summed E-state index contributed by atoms with van der Waals surface area (Å²) in [6, 6.07) is -0.892. The first kappa shape index (κ1) is 105. The van der Waals surface area contributed by atoms with E-state index in [0.717, 1.165) is 89.9 Å². The molecule has 3 aliphatic heterocycles. The zero-order valence-corrected chi connectivity index (χ0v) is 71.8. The van der Waals surface area contributed by atoms with Gasteiger partial charge in [0.25, 0.3) is 0 Å². The second-order valence-electron chi connectivity index (χ2n) is 33.1. The number of nitrogens with one attached hydrogen (secondary N) is 1. The predicted molar refractivity (Wildman–Crippen MR) is 461 cm³/mol. The third-order valence-electron chi connectivity index (χ3n) is 23.0. The zero-order valence-electron chi connectivity index (χ0n) is 71.8. The first-order valence-corrected chi connectivity index (χ1v) is 46.8. The minimum absolute atomic E-state index is 0.238. The van der Waals surface area contributed by atoms with Crippen molar-refractivity contribution in [1.29, 1.82) is 0 Å². The minimum atomic E-state index is -1.98. The lowest BCUT2D eigenvalue weighted by atomic mass is 9.96. The monoisotopic (exact) mass is 1610 g/mol. The van der Waals surface area contributed by atoms with E-state index in [2.05, 4.69) is 104 Å². The fraction of sp³-hybridized carbons (Fsp3) is 0.842. The Kier molecular flexibility index (Phi) is 68.1. The number of allylic oxidation sites excluding steroid dienone is 14. The SMILES string of the molecule is CC/C=C\C/C=C\C/C=C\C/C=C\C/C=C\C/C=C\C/C=C\CCCCCCCCCCCCCCCCCCCC(=O)NC(COC1OC(CO)C(OC2OC(CO)C(OC3OC(CO)C(O)C(O)C3O)C(O)C2O)C(O)C1O)C(O)CCCCCCCCCCCCCCCCCCCCCCCCCCCCCCCC. The second-order valence-corrected chi connectivity index (χ2v) is 33.1. The van der Waals surface area contributed by atoms with Gasteiger partial charge in [0.1, 0.15) is 73.2 Å². The molecule has 0 aromatic rings. The van der Waals surface area contributed by atoms with Gasteiger partial charge in [0, 0.05) is 6.42 Å². The van der Waals surface area contributed by atoms with Gasteiger partial charge < -0.3 is 89.9 Å². The maximum Gasteiger partial charge on any atom is 0.220 e. The van der Waals surface area contributed by atoms with Gasteiger partial charge in [-0.1, -0.05) is 388 Å². The van der Waals surface area contributed by atoms with Crippen LogP contribution in [0.15, 0.2) is 85.1 Å². The van der Waals surface area contributed by atoms with Gasteiger partial charge in [0.2, 0.25) is 5.91 Å². The Morgan fingerprint density at radius 1 is 0.325 bits per heavy atom. The van der Waals surface area contributed by atoms with Gasteiger partial charge in [-0.2, -0.15) is 0 Å². The van der Waals surface area contributed by atoms with Gasteiger partial charge in [-0.15, -0.1) is 0 Å². The molecule has 3 heterocycles. The Hall–Kier alpha value is -3.03. The second kappa shape index (κ2) is 73.9. The van der Waals surface area contributed by atoms with E-state index in [0.29, 0.717) is 12.8 Å². The Labute approximate surface area is 692 Å². The van der Waals surface area contributed by atoms with Crippen molar-refractivity contribution in [2.24, 2.45) is 0 Å². The topological polar surface area (TPSA) is 307 Å². The number of carbonyl (C=O) groups is 1. The van der Waals surface area contributed by atoms with Crippen LogP contribution >= 0.6 is 0 Å². The van der Waals surface area contributed by atoms with Crippen LogP contribution < -0.4 is 5.32 Å². The summed E-state index contributed by atoms with van der Waals surface area (Å²) < 4.78 is 34.6. The molecule has 0 saturated carbocycles. The molecule has 19 heteroatoms. The molecule has 0 bridgehead atoms. The maximum absolute atomic E-state index is 13.6. The number of hydrogen-bond acceptors (Lipinski definition) is 18. The summed E-state index contributed by atoms with van der Waals surface area (Å²) in [5.74, 6) is -0.238. The average molecular weight is 1620 g/mol. The predicted octanol–water partition coefficient (Wildman–Crippen LogP) is 18.5. The molecule has 0 radical (unpaired) electrons. The zero-order chi connectivity index (χ0) is 82.4. The van der Waals surface area contributed by atoms with Crippen molar-refractivity contribution >= 4 is 5.91 Å². The van der Waals surface area contributed by atoms with Gasteiger partial charge in [0.15, 0.2) is 18.9 Å². The quantitative estimate of drug-likeness (QED) is 0.0199. The molecule has 664 valence electrons. The summed E-state index contributed by atoms with van der Waals surface area (Å²) in [4.78, 5) is 13.6. The molecule has 3 aliphatic rings. The summed E-state index contributed by atoms with van der Waals surface area (Å²) in [5.41, 5.74) is 0. The molecular weight excluding hydrogens is 1440 g/mol. The van der Waals surface area contributed by atoms with Crippen LogP contribution in [0.5, 0.6) is 0 Å². The average Bonchev–Trinajstić information content (AvgIpc) is 0.783. The van der Waals surface area contributed by atoms with Crippen LogP contribution in [0.3, 0.4) is 0 Å². The third kappa shape index (κ3) is 51.6. The highest BCUT2D eigenvalue weighted by Crippen LogP contribution is 2.34. The van der Waals surface area contributed by atoms with Crippen LogP contribution in [0.2, 0.25) is 0 Å². The van der Waals surface area contributed by atoms with Crippen molar-refractivity contribution in [1.82, 2.24) is 5.32 Å². The van der Waals surface area contributed by atoms with Crippen molar-refractivity contribution in [3.8, 4) is 0 Å². The summed E-state index contributed by atoms with van der Waals surface area (Å²) in [7, 11) is 0. The first-order valence-electron chi connectivity index (χ1n) is 46.8. The lowest BCUT2D eigenvalue weighted by Crippen LogP contribution is -2.66. The molecule has 3 fully saturated rings. The van der Waals surface area contributed by atoms with Crippen molar-refractivity contribution in [2.45, 2.75) is 484 Å². The van der Waals surface area contributed by atoms with Crippen LogP contribution in [0.25, 0.3) is 0 Å². The standard InChI is InChI=1S/C95H171NO18/c1-3-5-7-9-11-13-15-17-19-21-23-25-27-29-31-33-35-36-37-38-39-40-41-42-43-45-47-49-51-53-55-57-59-61-63-65-67-69-71-73-83(101)96-78(79(100)72-70-68-66-64-62-60-58-56-54-52-50-48-46-44-34-32-30-28-26-24-22-20-18-16-14-12-10-8-6-4-2)77-109-93-89(107)86(104)91(81(75-98)111-93)114-95-90(108)87(105)92(82(76-99)112-95)113-94-88(106)85(103)84(102)80(74-97)110-94/h5,7,11,13,17,19,23,25,29,31,35-36,38-39,78-82,84-95,97-100,102-108H,3-4,6,8-10,12,14-16,18,20-22,24,26-28,30,32-34,37,40-77H2,1-2H3,(H,96,101)/b7-5-,13-11-,19-17-,25-23-,31-29-,36-35-,39-38-. The number of unbranched alkanes of at least 4 members (excludes halogenated alkanes) is 46. The summed E-state index contributed by atoms with van der Waals surface area (Å²) in [6.45, 7) is 1.74. The van der Waals surface area contributed by atoms with Gasteiger partial charge in [0.05, 0.1) is 38.6 Å². The first-order chi connectivity index (χ1) is 55.8. The molecular formula is C95H171NO18. The van der Waals surface area contributed by atoms with Crippen molar-refractivity contribution in [2.75, 3.05) is 26.4 Å². The number of amides is 1. The van der Waals surface area contributed by atoms with Crippen LogP contribution in [-0.4, -0.2) is 193 Å². The third-order valence-corrected chi connectivity index (χ3v) is 23.0. The molecule has 1 amide bonds. The maximum atomic E-state index is 13.6. The highest BCUT2D eigenvalue weighted by molar-refractivity contribution is 5.76. The summed E-state index contributed by atoms with van der Waals surface area (Å²) in [6.07, 6.45) is 74.1. The molecule has 3 saturated heterocycles. The lowest BCUT2D eigenvalue weighted by molar-refractivity contribution is -0.379. The van der Waals surface area contributed by atoms with Crippen LogP contribution in [0, 0.1) is 0 Å². The molecule has 0 aromatic heterocycles. The van der Waals surface area contributed by atoms with E-state index < -0.39 is 124 Å². The number of carbonyl (C=O) groups excluding carboxylic acids is 1. The molecule has 17 atom stereocenters. The van der Waals surface area contributed by atoms with Crippen molar-refractivity contribution in [3.63, 3.8) is 0 Å². The van der Waals surface area contributed by atoms with Crippen molar-refractivity contribution in [3.05, 3.63) is 85.1 Å². The molecule has 0 aliphatic carbocycles. The number of hydrogen-bond donors (Lipinski definition) is 12. The van der Waals surface area contributed by atoms with E-state index in [4.69, 9.17) is 28.4 Å². The van der Waals surface area contributed by atoms with E-state index in [1.807, 2.05) is 0 Å². The van der Waals surface area contributed by atoms with Gasteiger partial charge >= 0.3 is 0 Å². The fourth-order valence-electron chi connectivity index (χ4n) is 15.6. The Morgan fingerprint density at radius 3 is 0.947 bits per heavy atom. The molecule has 0 spiro atoms. The Morgan fingerprint density at radius 2 is 0.605 bits per heavy atom. The van der Waals surface area contributed by atoms with E-state index in [-0.39, 0.29) is 18.9 Å². The fourth-order valence-corrected chi connectivity index (χ4v) is 15.6. The van der Waals surface area contributed by atoms with Crippen molar-refractivity contribution < 1.29 is 89.4 Å². The number of aliphatic hydroxyl groups excluding tert-OH is 11. The van der Waals surface area contributed by atoms with Crippen LogP contribution in [0.1, 0.15) is 380 Å². The smallest absolute Gasteiger partial charge is 0.220 e. The number of aliphatic hydroxyl groups is 11. The lowest BCUT2D eigenvalue weighted by Gasteiger charge is -2.48. The van der Waals surface area contributed by atoms with E-state index in [1.165, 1.54) is 257 Å². The molecule has 3 rings (SSSR count). The molecule has 19 nitrogen and oxygen atoms in total. The minimum Gasteiger partial charge on any atom is -0.394 e. The highest BCUT2D eigenvalue weighted by atomic mass is 16.8. The Balaban J connectivity index is 1.30. The van der Waals surface area contributed by atoms with E-state index in [1.54, 1.807) is 0 Å². The molecule has 12 N–H and O–H groups in total. The largest absolute Gasteiger partial charge is 0.394 e. The molecule has 0 aromatic carbocycles. The van der Waals surface area contributed by atoms with E-state index >= 15 is 0 Å². The molecule has 114 heavy (non-hydrogen) atoms. The highest BCUT2D eigenvalue weighted by Gasteiger charge is 2.54. The number of ether oxygens (including phenoxy) is 6. The Bertz CT molecular complexity index is 2380. The number of rotatable bonds is 76. The van der Waals surface area contributed by atoms with Crippen LogP contribution in [-0.2, 0) is 33.2 Å². The van der Waals surface area contributed by atoms with Gasteiger partial charge in [-0.05, 0) is 70.6 Å². The summed E-state index contributed by atoms with van der Waals surface area (Å²) >= 11 is 0. The van der Waals surface area contributed by atoms with Gasteiger partial charge in [-0.25, -0.2) is 0 Å². The van der Waals surface area contributed by atoms with Crippen LogP contribution in [0.4, 0.5) is 0 Å².